The molecule has 0 fully saturated rings. The summed E-state index contributed by atoms with van der Waals surface area (Å²) in [6.45, 7) is 0.549. The Balaban J connectivity index is 1.86. The highest BCUT2D eigenvalue weighted by molar-refractivity contribution is 7.99. The summed E-state index contributed by atoms with van der Waals surface area (Å²) in [7, 11) is 0. The molecule has 0 aliphatic heterocycles. The van der Waals surface area contributed by atoms with Gasteiger partial charge in [-0.15, -0.1) is 0 Å². The zero-order chi connectivity index (χ0) is 12.4. The Hall–Kier alpha value is -1.65. The van der Waals surface area contributed by atoms with Gasteiger partial charge in [-0.05, 0) is 24.3 Å². The van der Waals surface area contributed by atoms with Gasteiger partial charge < -0.3 is 15.1 Å². The van der Waals surface area contributed by atoms with Gasteiger partial charge in [0.05, 0.1) is 16.5 Å². The Morgan fingerprint density at radius 1 is 1.22 bits per heavy atom. The van der Waals surface area contributed by atoms with E-state index in [4.69, 9.17) is 10.2 Å². The molecule has 0 amide bonds. The number of nitrogens with one attached hydrogen (secondary N) is 1. The van der Waals surface area contributed by atoms with Crippen LogP contribution in [0.25, 0.3) is 10.9 Å². The molecule has 0 aliphatic rings. The number of aromatic nitrogens is 1. The highest BCUT2D eigenvalue weighted by atomic mass is 32.2. The first kappa shape index (κ1) is 11.4. The van der Waals surface area contributed by atoms with Crippen LogP contribution in [-0.2, 0) is 0 Å². The van der Waals surface area contributed by atoms with E-state index in [1.807, 2.05) is 24.3 Å². The zero-order valence-electron chi connectivity index (χ0n) is 9.80. The van der Waals surface area contributed by atoms with E-state index in [1.54, 1.807) is 18.0 Å². The van der Waals surface area contributed by atoms with Crippen LogP contribution < -0.4 is 5.73 Å². The second-order valence-electron chi connectivity index (χ2n) is 4.08. The maximum atomic E-state index is 5.81. The van der Waals surface area contributed by atoms with Crippen LogP contribution in [0.3, 0.4) is 0 Å². The molecular weight excluding hydrogens is 244 g/mol. The van der Waals surface area contributed by atoms with E-state index >= 15 is 0 Å². The molecule has 3 nitrogen and oxygen atoms in total. The fraction of sp³-hybridized carbons (Fsp3) is 0.143. The lowest BCUT2D eigenvalue weighted by molar-refractivity contribution is 0.507. The number of furan rings is 1. The molecule has 0 saturated heterocycles. The van der Waals surface area contributed by atoms with Gasteiger partial charge in [0.15, 0.2) is 0 Å². The van der Waals surface area contributed by atoms with Crippen molar-refractivity contribution in [2.45, 2.75) is 10.3 Å². The largest absolute Gasteiger partial charge is 0.468 e. The third kappa shape index (κ3) is 2.17. The van der Waals surface area contributed by atoms with Crippen molar-refractivity contribution < 1.29 is 4.42 Å². The number of hydrogen-bond donors (Lipinski definition) is 2. The van der Waals surface area contributed by atoms with Gasteiger partial charge in [0.25, 0.3) is 0 Å². The lowest BCUT2D eigenvalue weighted by Gasteiger charge is -2.09. The van der Waals surface area contributed by atoms with E-state index in [0.717, 1.165) is 16.3 Å². The number of benzene rings is 1. The molecule has 0 aliphatic carbocycles. The molecule has 2 aromatic heterocycles. The first-order valence-corrected chi connectivity index (χ1v) is 6.72. The number of thioether (sulfide) groups is 1. The lowest BCUT2D eigenvalue weighted by atomic mass is 10.3. The van der Waals surface area contributed by atoms with Crippen molar-refractivity contribution in [2.75, 3.05) is 6.54 Å². The van der Waals surface area contributed by atoms with E-state index in [-0.39, 0.29) is 5.25 Å². The van der Waals surface area contributed by atoms with Crippen LogP contribution in [0, 0.1) is 0 Å². The predicted molar refractivity (Wildman–Crippen MR) is 74.7 cm³/mol. The van der Waals surface area contributed by atoms with E-state index in [2.05, 4.69) is 23.2 Å². The molecule has 1 atom stereocenters. The molecule has 18 heavy (non-hydrogen) atoms. The molecule has 3 rings (SSSR count). The summed E-state index contributed by atoms with van der Waals surface area (Å²) in [6, 6.07) is 14.2. The summed E-state index contributed by atoms with van der Waals surface area (Å²) in [5.74, 6) is 0.918. The molecule has 1 unspecified atom stereocenters. The second kappa shape index (κ2) is 4.92. The Bertz CT molecular complexity index is 597. The third-order valence-electron chi connectivity index (χ3n) is 2.85. The summed E-state index contributed by atoms with van der Waals surface area (Å²) in [5, 5.41) is 2.48. The summed E-state index contributed by atoms with van der Waals surface area (Å²) in [6.07, 6.45) is 1.68. The molecule has 1 aromatic carbocycles. The maximum Gasteiger partial charge on any atom is 0.118 e. The van der Waals surface area contributed by atoms with Gasteiger partial charge in [-0.2, -0.15) is 0 Å². The molecular formula is C14H14N2OS. The number of aromatic amines is 1. The van der Waals surface area contributed by atoms with E-state index < -0.39 is 0 Å². The van der Waals surface area contributed by atoms with Crippen LogP contribution in [-0.4, -0.2) is 11.5 Å². The van der Waals surface area contributed by atoms with Gasteiger partial charge in [-0.25, -0.2) is 0 Å². The van der Waals surface area contributed by atoms with Crippen LogP contribution in [0.2, 0.25) is 0 Å². The monoisotopic (exact) mass is 258 g/mol. The van der Waals surface area contributed by atoms with Crippen LogP contribution >= 0.6 is 11.8 Å². The SMILES string of the molecule is NCC(Sc1cc2ccccc2[nH]1)c1ccco1. The minimum Gasteiger partial charge on any atom is -0.468 e. The fourth-order valence-corrected chi connectivity index (χ4v) is 2.98. The number of fused-ring (bicyclic) bond motifs is 1. The standard InChI is InChI=1S/C14H14N2OS/c15-9-13(12-6-3-7-17-12)18-14-8-10-4-1-2-5-11(10)16-14/h1-8,13,16H,9,15H2. The minimum absolute atomic E-state index is 0.146. The predicted octanol–water partition coefficient (Wildman–Crippen LogP) is 3.55. The van der Waals surface area contributed by atoms with Crippen molar-refractivity contribution >= 4 is 22.7 Å². The lowest BCUT2D eigenvalue weighted by Crippen LogP contribution is -2.08. The molecule has 2 heterocycles. The number of hydrogen-bond acceptors (Lipinski definition) is 3. The number of H-pyrrole nitrogens is 1. The third-order valence-corrected chi connectivity index (χ3v) is 4.03. The summed E-state index contributed by atoms with van der Waals surface area (Å²) < 4.78 is 5.42. The van der Waals surface area contributed by atoms with Crippen molar-refractivity contribution in [2.24, 2.45) is 5.73 Å². The average molecular weight is 258 g/mol. The van der Waals surface area contributed by atoms with Crippen molar-refractivity contribution in [3.05, 3.63) is 54.5 Å². The summed E-state index contributed by atoms with van der Waals surface area (Å²) >= 11 is 1.70. The molecule has 0 spiro atoms. The number of nitrogens with two attached hydrogens (primary N) is 1. The van der Waals surface area contributed by atoms with Crippen molar-refractivity contribution in [3.63, 3.8) is 0 Å². The first-order valence-electron chi connectivity index (χ1n) is 5.84. The highest BCUT2D eigenvalue weighted by Gasteiger charge is 2.15. The maximum absolute atomic E-state index is 5.81. The van der Waals surface area contributed by atoms with Crippen molar-refractivity contribution in [1.29, 1.82) is 0 Å². The van der Waals surface area contributed by atoms with Crippen LogP contribution in [0.4, 0.5) is 0 Å². The van der Waals surface area contributed by atoms with Gasteiger partial charge in [0.1, 0.15) is 5.76 Å². The number of para-hydroxylation sites is 1. The molecule has 4 heteroatoms. The molecule has 92 valence electrons. The van der Waals surface area contributed by atoms with Gasteiger partial charge in [0, 0.05) is 17.4 Å². The Morgan fingerprint density at radius 2 is 2.11 bits per heavy atom. The molecule has 0 bridgehead atoms. The quantitative estimate of drug-likeness (QED) is 0.704. The van der Waals surface area contributed by atoms with Gasteiger partial charge >= 0.3 is 0 Å². The Morgan fingerprint density at radius 3 is 2.83 bits per heavy atom. The normalized spacial score (nSPS) is 12.9. The highest BCUT2D eigenvalue weighted by Crippen LogP contribution is 2.35. The van der Waals surface area contributed by atoms with Gasteiger partial charge in [0.2, 0.25) is 0 Å². The molecule has 3 aromatic rings. The van der Waals surface area contributed by atoms with E-state index in [1.165, 1.54) is 5.39 Å². The van der Waals surface area contributed by atoms with E-state index in [9.17, 15) is 0 Å². The average Bonchev–Trinajstić information content (AvgIpc) is 3.04. The van der Waals surface area contributed by atoms with Gasteiger partial charge in [-0.3, -0.25) is 0 Å². The van der Waals surface area contributed by atoms with Crippen LogP contribution in [0.15, 0.2) is 58.2 Å². The fourth-order valence-electron chi connectivity index (χ4n) is 1.96. The van der Waals surface area contributed by atoms with Gasteiger partial charge in [-0.1, -0.05) is 30.0 Å². The molecule has 0 saturated carbocycles. The Kier molecular flexibility index (Phi) is 3.13. The minimum atomic E-state index is 0.146. The Labute approximate surface area is 109 Å². The molecule has 3 N–H and O–H groups in total. The topological polar surface area (TPSA) is 55.0 Å². The van der Waals surface area contributed by atoms with Crippen molar-refractivity contribution in [3.8, 4) is 0 Å². The first-order chi connectivity index (χ1) is 8.86. The smallest absolute Gasteiger partial charge is 0.118 e. The van der Waals surface area contributed by atoms with Crippen LogP contribution in [0.5, 0.6) is 0 Å². The summed E-state index contributed by atoms with van der Waals surface area (Å²) in [5.41, 5.74) is 6.96. The van der Waals surface area contributed by atoms with Crippen molar-refractivity contribution in [1.82, 2.24) is 4.98 Å². The second-order valence-corrected chi connectivity index (χ2v) is 5.32. The zero-order valence-corrected chi connectivity index (χ0v) is 10.6. The van der Waals surface area contributed by atoms with Crippen LogP contribution in [0.1, 0.15) is 11.0 Å². The van der Waals surface area contributed by atoms with E-state index in [0.29, 0.717) is 6.54 Å². The molecule has 0 radical (unpaired) electrons. The summed E-state index contributed by atoms with van der Waals surface area (Å²) in [4.78, 5) is 3.39. The number of rotatable bonds is 4.